The maximum atomic E-state index is 11.4. The standard InChI is InChI=1S/C12H14OS/c1-9-11(13)7-8-12(9)14-10-5-3-2-4-6-10/h2-6,9,12H,7-8H2,1H3. The highest BCUT2D eigenvalue weighted by Gasteiger charge is 2.31. The van der Waals surface area contributed by atoms with Crippen LogP contribution in [0.3, 0.4) is 0 Å². The van der Waals surface area contributed by atoms with Crippen LogP contribution in [0.5, 0.6) is 0 Å². The van der Waals surface area contributed by atoms with Crippen LogP contribution >= 0.6 is 11.8 Å². The fourth-order valence-electron chi connectivity index (χ4n) is 1.80. The third kappa shape index (κ3) is 2.01. The molecule has 1 aliphatic rings. The van der Waals surface area contributed by atoms with E-state index >= 15 is 0 Å². The van der Waals surface area contributed by atoms with Crippen molar-refractivity contribution in [1.29, 1.82) is 0 Å². The van der Waals surface area contributed by atoms with Crippen LogP contribution in [0.1, 0.15) is 19.8 Å². The van der Waals surface area contributed by atoms with Crippen molar-refractivity contribution in [3.63, 3.8) is 0 Å². The highest BCUT2D eigenvalue weighted by Crippen LogP contribution is 2.36. The first-order valence-electron chi connectivity index (χ1n) is 5.02. The normalized spacial score (nSPS) is 26.8. The summed E-state index contributed by atoms with van der Waals surface area (Å²) in [5, 5.41) is 0.491. The molecule has 1 nitrogen and oxygen atoms in total. The third-order valence-electron chi connectivity index (χ3n) is 2.77. The molecule has 0 saturated heterocycles. The molecule has 1 aliphatic carbocycles. The molecule has 1 fully saturated rings. The molecule has 0 amide bonds. The van der Waals surface area contributed by atoms with Crippen molar-refractivity contribution in [3.05, 3.63) is 30.3 Å². The molecule has 2 unspecified atom stereocenters. The summed E-state index contributed by atoms with van der Waals surface area (Å²) in [4.78, 5) is 12.6. The van der Waals surface area contributed by atoms with E-state index in [0.29, 0.717) is 11.0 Å². The summed E-state index contributed by atoms with van der Waals surface area (Å²) in [7, 11) is 0. The molecular weight excluding hydrogens is 192 g/mol. The van der Waals surface area contributed by atoms with Crippen LogP contribution in [-0.4, -0.2) is 11.0 Å². The third-order valence-corrected chi connectivity index (χ3v) is 4.26. The van der Waals surface area contributed by atoms with Crippen molar-refractivity contribution in [2.75, 3.05) is 0 Å². The second-order valence-corrected chi connectivity index (χ2v) is 5.08. The number of rotatable bonds is 2. The molecular formula is C12H14OS. The summed E-state index contributed by atoms with van der Waals surface area (Å²) in [5.41, 5.74) is 0. The Bertz CT molecular complexity index is 320. The average Bonchev–Trinajstić information content (AvgIpc) is 2.52. The summed E-state index contributed by atoms with van der Waals surface area (Å²) >= 11 is 1.84. The lowest BCUT2D eigenvalue weighted by Crippen LogP contribution is -2.11. The largest absolute Gasteiger partial charge is 0.299 e. The minimum atomic E-state index is 0.236. The van der Waals surface area contributed by atoms with Gasteiger partial charge in [-0.15, -0.1) is 11.8 Å². The molecule has 2 heteroatoms. The Morgan fingerprint density at radius 1 is 1.29 bits per heavy atom. The zero-order chi connectivity index (χ0) is 9.97. The van der Waals surface area contributed by atoms with E-state index in [1.54, 1.807) is 0 Å². The zero-order valence-electron chi connectivity index (χ0n) is 8.27. The smallest absolute Gasteiger partial charge is 0.136 e. The highest BCUT2D eigenvalue weighted by molar-refractivity contribution is 8.00. The van der Waals surface area contributed by atoms with Gasteiger partial charge < -0.3 is 0 Å². The van der Waals surface area contributed by atoms with Crippen LogP contribution in [0.4, 0.5) is 0 Å². The Labute approximate surface area is 88.9 Å². The molecule has 1 aromatic carbocycles. The Kier molecular flexibility index (Phi) is 2.92. The van der Waals surface area contributed by atoms with Crippen molar-refractivity contribution in [3.8, 4) is 0 Å². The van der Waals surface area contributed by atoms with Gasteiger partial charge in [0.25, 0.3) is 0 Å². The van der Waals surface area contributed by atoms with Crippen molar-refractivity contribution in [2.45, 2.75) is 29.9 Å². The van der Waals surface area contributed by atoms with E-state index in [9.17, 15) is 4.79 Å². The first kappa shape index (κ1) is 9.78. The first-order valence-corrected chi connectivity index (χ1v) is 5.90. The molecule has 0 spiro atoms. The molecule has 1 saturated carbocycles. The van der Waals surface area contributed by atoms with E-state index in [-0.39, 0.29) is 5.92 Å². The lowest BCUT2D eigenvalue weighted by atomic mass is 10.1. The van der Waals surface area contributed by atoms with Crippen LogP contribution in [0.2, 0.25) is 0 Å². The van der Waals surface area contributed by atoms with Gasteiger partial charge in [-0.25, -0.2) is 0 Å². The van der Waals surface area contributed by atoms with E-state index in [1.807, 2.05) is 30.0 Å². The monoisotopic (exact) mass is 206 g/mol. The van der Waals surface area contributed by atoms with E-state index in [1.165, 1.54) is 4.90 Å². The topological polar surface area (TPSA) is 17.1 Å². The van der Waals surface area contributed by atoms with Gasteiger partial charge in [-0.3, -0.25) is 4.79 Å². The SMILES string of the molecule is CC1C(=O)CCC1Sc1ccccc1. The van der Waals surface area contributed by atoms with Gasteiger partial charge in [0.05, 0.1) is 0 Å². The lowest BCUT2D eigenvalue weighted by Gasteiger charge is -2.12. The van der Waals surface area contributed by atoms with Crippen molar-refractivity contribution >= 4 is 17.5 Å². The van der Waals surface area contributed by atoms with Gasteiger partial charge >= 0.3 is 0 Å². The second kappa shape index (κ2) is 4.18. The number of carbonyl (C=O) groups excluding carboxylic acids is 1. The second-order valence-electron chi connectivity index (χ2n) is 3.76. The minimum Gasteiger partial charge on any atom is -0.299 e. The van der Waals surface area contributed by atoms with Crippen LogP contribution < -0.4 is 0 Å². The Morgan fingerprint density at radius 3 is 2.57 bits per heavy atom. The van der Waals surface area contributed by atoms with Gasteiger partial charge in [0, 0.05) is 22.5 Å². The van der Waals surface area contributed by atoms with Crippen LogP contribution in [0.15, 0.2) is 35.2 Å². The van der Waals surface area contributed by atoms with Crippen molar-refractivity contribution in [2.24, 2.45) is 5.92 Å². The van der Waals surface area contributed by atoms with Gasteiger partial charge in [-0.2, -0.15) is 0 Å². The summed E-state index contributed by atoms with van der Waals surface area (Å²) in [5.74, 6) is 0.665. The van der Waals surface area contributed by atoms with Gasteiger partial charge in [-0.1, -0.05) is 25.1 Å². The van der Waals surface area contributed by atoms with Crippen molar-refractivity contribution < 1.29 is 4.79 Å². The molecule has 1 aromatic rings. The molecule has 0 heterocycles. The fourth-order valence-corrected chi connectivity index (χ4v) is 3.06. The van der Waals surface area contributed by atoms with Crippen LogP contribution in [-0.2, 0) is 4.79 Å². The number of thioether (sulfide) groups is 1. The molecule has 2 rings (SSSR count). The number of ketones is 1. The molecule has 0 aromatic heterocycles. The Hall–Kier alpha value is -0.760. The summed E-state index contributed by atoms with van der Waals surface area (Å²) in [6, 6.07) is 10.3. The Balaban J connectivity index is 2.02. The maximum absolute atomic E-state index is 11.4. The van der Waals surface area contributed by atoms with E-state index < -0.39 is 0 Å². The first-order chi connectivity index (χ1) is 6.77. The number of Topliss-reactive ketones (excluding diaryl/α,β-unsaturated/α-hetero) is 1. The van der Waals surface area contributed by atoms with Crippen LogP contribution in [0, 0.1) is 5.92 Å². The fraction of sp³-hybridized carbons (Fsp3) is 0.417. The number of hydrogen-bond donors (Lipinski definition) is 0. The number of hydrogen-bond acceptors (Lipinski definition) is 2. The maximum Gasteiger partial charge on any atom is 0.136 e. The van der Waals surface area contributed by atoms with Gasteiger partial charge in [0.1, 0.15) is 5.78 Å². The predicted molar refractivity (Wildman–Crippen MR) is 59.5 cm³/mol. The molecule has 14 heavy (non-hydrogen) atoms. The minimum absolute atomic E-state index is 0.236. The average molecular weight is 206 g/mol. The summed E-state index contributed by atoms with van der Waals surface area (Å²) in [6.07, 6.45) is 1.81. The van der Waals surface area contributed by atoms with Crippen molar-refractivity contribution in [1.82, 2.24) is 0 Å². The predicted octanol–water partition coefficient (Wildman–Crippen LogP) is 3.15. The molecule has 74 valence electrons. The van der Waals surface area contributed by atoms with E-state index in [0.717, 1.165) is 12.8 Å². The van der Waals surface area contributed by atoms with Gasteiger partial charge in [0.15, 0.2) is 0 Å². The molecule has 0 N–H and O–H groups in total. The van der Waals surface area contributed by atoms with E-state index in [4.69, 9.17) is 0 Å². The Morgan fingerprint density at radius 2 is 2.00 bits per heavy atom. The summed E-state index contributed by atoms with van der Waals surface area (Å²) < 4.78 is 0. The van der Waals surface area contributed by atoms with Gasteiger partial charge in [0.2, 0.25) is 0 Å². The van der Waals surface area contributed by atoms with E-state index in [2.05, 4.69) is 19.1 Å². The summed E-state index contributed by atoms with van der Waals surface area (Å²) in [6.45, 7) is 2.05. The van der Waals surface area contributed by atoms with Gasteiger partial charge in [-0.05, 0) is 18.6 Å². The molecule has 0 radical (unpaired) electrons. The molecule has 0 aliphatic heterocycles. The molecule has 0 bridgehead atoms. The lowest BCUT2D eigenvalue weighted by molar-refractivity contribution is -0.120. The highest BCUT2D eigenvalue weighted by atomic mass is 32.2. The quantitative estimate of drug-likeness (QED) is 0.739. The molecule has 2 atom stereocenters. The zero-order valence-corrected chi connectivity index (χ0v) is 9.09. The number of benzene rings is 1. The number of carbonyl (C=O) groups is 1. The van der Waals surface area contributed by atoms with Crippen LogP contribution in [0.25, 0.3) is 0 Å².